The topological polar surface area (TPSA) is 69.9 Å². The van der Waals surface area contributed by atoms with Gasteiger partial charge in [-0.3, -0.25) is 0 Å². The van der Waals surface area contributed by atoms with E-state index < -0.39 is 0 Å². The molecule has 0 radical (unpaired) electrons. The zero-order valence-corrected chi connectivity index (χ0v) is 16.7. The first-order valence-electron chi connectivity index (χ1n) is 9.65. The third-order valence-corrected chi connectivity index (χ3v) is 5.07. The SMILES string of the molecule is CC(C)=CCCC(C)=CCc1c(O)cc(C2Cc3ccc(O)cc3O2)cc1O. The number of phenols is 3. The third kappa shape index (κ3) is 4.69. The van der Waals surface area contributed by atoms with Gasteiger partial charge in [0.15, 0.2) is 0 Å². The Bertz CT molecular complexity index is 897. The van der Waals surface area contributed by atoms with Crippen molar-refractivity contribution < 1.29 is 20.1 Å². The van der Waals surface area contributed by atoms with Gasteiger partial charge in [-0.25, -0.2) is 0 Å². The second-order valence-corrected chi connectivity index (χ2v) is 7.72. The van der Waals surface area contributed by atoms with Gasteiger partial charge in [0.2, 0.25) is 0 Å². The van der Waals surface area contributed by atoms with Crippen LogP contribution in [-0.2, 0) is 12.8 Å². The van der Waals surface area contributed by atoms with Gasteiger partial charge in [-0.05, 0) is 69.4 Å². The molecule has 0 saturated heterocycles. The van der Waals surface area contributed by atoms with Crippen molar-refractivity contribution in [2.45, 2.75) is 52.6 Å². The molecule has 0 aliphatic carbocycles. The van der Waals surface area contributed by atoms with Gasteiger partial charge in [-0.15, -0.1) is 0 Å². The number of rotatable bonds is 6. The Morgan fingerprint density at radius 1 is 1.04 bits per heavy atom. The number of aromatic hydroxyl groups is 3. The van der Waals surface area contributed by atoms with Crippen LogP contribution < -0.4 is 4.74 Å². The van der Waals surface area contributed by atoms with Crippen LogP contribution in [0.4, 0.5) is 0 Å². The van der Waals surface area contributed by atoms with Crippen LogP contribution in [0.1, 0.15) is 56.4 Å². The molecule has 1 unspecified atom stereocenters. The molecule has 1 heterocycles. The molecule has 0 amide bonds. The van der Waals surface area contributed by atoms with Crippen LogP contribution in [0, 0.1) is 0 Å². The lowest BCUT2D eigenvalue weighted by molar-refractivity contribution is 0.237. The lowest BCUT2D eigenvalue weighted by atomic mass is 9.98. The largest absolute Gasteiger partial charge is 0.508 e. The fraction of sp³-hybridized carbons (Fsp3) is 0.333. The fourth-order valence-corrected chi connectivity index (χ4v) is 3.43. The lowest BCUT2D eigenvalue weighted by Gasteiger charge is -2.14. The van der Waals surface area contributed by atoms with Crippen LogP contribution in [0.2, 0.25) is 0 Å². The first kappa shape index (κ1) is 19.9. The first-order chi connectivity index (χ1) is 13.3. The zero-order valence-electron chi connectivity index (χ0n) is 16.7. The van der Waals surface area contributed by atoms with E-state index in [-0.39, 0.29) is 23.4 Å². The standard InChI is InChI=1S/C24H28O4/c1-15(2)5-4-6-16(3)7-10-20-21(26)11-18(12-22(20)27)23-13-17-8-9-19(25)14-24(17)28-23/h5,7-9,11-12,14,23,25-27H,4,6,10,13H2,1-3H3. The maximum Gasteiger partial charge on any atom is 0.128 e. The van der Waals surface area contributed by atoms with Gasteiger partial charge in [0.1, 0.15) is 29.1 Å². The Balaban J connectivity index is 1.71. The smallest absolute Gasteiger partial charge is 0.128 e. The van der Waals surface area contributed by atoms with Gasteiger partial charge in [-0.2, -0.15) is 0 Å². The normalized spacial score (nSPS) is 15.8. The van der Waals surface area contributed by atoms with E-state index in [4.69, 9.17) is 4.74 Å². The van der Waals surface area contributed by atoms with Gasteiger partial charge in [0.25, 0.3) is 0 Å². The summed E-state index contributed by atoms with van der Waals surface area (Å²) in [5.74, 6) is 0.951. The highest BCUT2D eigenvalue weighted by atomic mass is 16.5. The summed E-state index contributed by atoms with van der Waals surface area (Å²) in [7, 11) is 0. The van der Waals surface area contributed by atoms with Crippen molar-refractivity contribution in [1.29, 1.82) is 0 Å². The molecule has 0 fully saturated rings. The highest BCUT2D eigenvalue weighted by Crippen LogP contribution is 2.41. The maximum atomic E-state index is 10.5. The third-order valence-electron chi connectivity index (χ3n) is 5.07. The Labute approximate surface area is 166 Å². The molecule has 1 aliphatic rings. The molecule has 1 aliphatic heterocycles. The molecule has 2 aromatic rings. The molecule has 3 rings (SSSR count). The van der Waals surface area contributed by atoms with Gasteiger partial charge in [0.05, 0.1) is 0 Å². The number of fused-ring (bicyclic) bond motifs is 1. The molecular weight excluding hydrogens is 352 g/mol. The van der Waals surface area contributed by atoms with E-state index in [0.29, 0.717) is 24.2 Å². The molecule has 4 heteroatoms. The molecule has 0 spiro atoms. The van der Waals surface area contributed by atoms with Crippen LogP contribution in [0.5, 0.6) is 23.0 Å². The van der Waals surface area contributed by atoms with Crippen molar-refractivity contribution in [3.05, 3.63) is 70.3 Å². The summed E-state index contributed by atoms with van der Waals surface area (Å²) in [6, 6.07) is 8.39. The Morgan fingerprint density at radius 3 is 2.43 bits per heavy atom. The zero-order chi connectivity index (χ0) is 20.3. The second kappa shape index (κ2) is 8.42. The number of hydrogen-bond donors (Lipinski definition) is 3. The van der Waals surface area contributed by atoms with Crippen molar-refractivity contribution in [1.82, 2.24) is 0 Å². The van der Waals surface area contributed by atoms with E-state index in [2.05, 4.69) is 32.9 Å². The van der Waals surface area contributed by atoms with Crippen molar-refractivity contribution in [3.8, 4) is 23.0 Å². The summed E-state index contributed by atoms with van der Waals surface area (Å²) >= 11 is 0. The first-order valence-corrected chi connectivity index (χ1v) is 9.65. The Morgan fingerprint density at radius 2 is 1.75 bits per heavy atom. The molecule has 4 nitrogen and oxygen atoms in total. The number of ether oxygens (including phenoxy) is 1. The molecule has 3 N–H and O–H groups in total. The van der Waals surface area contributed by atoms with E-state index in [1.807, 2.05) is 6.07 Å². The minimum atomic E-state index is -0.288. The monoisotopic (exact) mass is 380 g/mol. The highest BCUT2D eigenvalue weighted by Gasteiger charge is 2.26. The summed E-state index contributed by atoms with van der Waals surface area (Å²) in [5, 5.41) is 30.5. The van der Waals surface area contributed by atoms with Crippen LogP contribution in [0.15, 0.2) is 53.6 Å². The maximum absolute atomic E-state index is 10.5. The molecule has 28 heavy (non-hydrogen) atoms. The highest BCUT2D eigenvalue weighted by molar-refractivity contribution is 5.50. The predicted octanol–water partition coefficient (Wildman–Crippen LogP) is 5.71. The van der Waals surface area contributed by atoms with Crippen LogP contribution >= 0.6 is 0 Å². The summed E-state index contributed by atoms with van der Waals surface area (Å²) in [6.45, 7) is 6.25. The molecule has 0 saturated carbocycles. The molecule has 0 aromatic heterocycles. The van der Waals surface area contributed by atoms with Crippen LogP contribution in [0.3, 0.4) is 0 Å². The van der Waals surface area contributed by atoms with E-state index in [0.717, 1.165) is 24.0 Å². The van der Waals surface area contributed by atoms with Gasteiger partial charge < -0.3 is 20.1 Å². The molecular formula is C24H28O4. The van der Waals surface area contributed by atoms with Crippen LogP contribution in [0.25, 0.3) is 0 Å². The van der Waals surface area contributed by atoms with E-state index in [1.165, 1.54) is 11.1 Å². The van der Waals surface area contributed by atoms with Gasteiger partial charge in [0, 0.05) is 18.1 Å². The van der Waals surface area contributed by atoms with E-state index in [1.54, 1.807) is 24.3 Å². The number of allylic oxidation sites excluding steroid dienone is 4. The van der Waals surface area contributed by atoms with E-state index in [9.17, 15) is 15.3 Å². The predicted molar refractivity (Wildman–Crippen MR) is 111 cm³/mol. The Kier molecular flexibility index (Phi) is 5.98. The minimum absolute atomic E-state index is 0.0748. The van der Waals surface area contributed by atoms with E-state index >= 15 is 0 Å². The van der Waals surface area contributed by atoms with Crippen molar-refractivity contribution in [2.24, 2.45) is 0 Å². The molecule has 148 valence electrons. The molecule has 1 atom stereocenters. The quantitative estimate of drug-likeness (QED) is 0.561. The number of benzene rings is 2. The van der Waals surface area contributed by atoms with Gasteiger partial charge >= 0.3 is 0 Å². The average molecular weight is 380 g/mol. The molecule has 0 bridgehead atoms. The van der Waals surface area contributed by atoms with Crippen molar-refractivity contribution in [2.75, 3.05) is 0 Å². The minimum Gasteiger partial charge on any atom is -0.508 e. The fourth-order valence-electron chi connectivity index (χ4n) is 3.43. The Hall–Kier alpha value is -2.88. The van der Waals surface area contributed by atoms with Gasteiger partial charge in [-0.1, -0.05) is 29.4 Å². The summed E-state index contributed by atoms with van der Waals surface area (Å²) in [6.07, 6.45) is 7.06. The van der Waals surface area contributed by atoms with Crippen molar-refractivity contribution >= 4 is 0 Å². The lowest BCUT2D eigenvalue weighted by Crippen LogP contribution is -2.03. The summed E-state index contributed by atoms with van der Waals surface area (Å²) in [5.41, 5.74) is 4.79. The summed E-state index contributed by atoms with van der Waals surface area (Å²) < 4.78 is 5.89. The summed E-state index contributed by atoms with van der Waals surface area (Å²) in [4.78, 5) is 0. The van der Waals surface area contributed by atoms with Crippen LogP contribution in [-0.4, -0.2) is 15.3 Å². The number of hydrogen-bond acceptors (Lipinski definition) is 4. The average Bonchev–Trinajstić information content (AvgIpc) is 3.03. The number of phenolic OH excluding ortho intramolecular Hbond substituents is 3. The van der Waals surface area contributed by atoms with Crippen molar-refractivity contribution in [3.63, 3.8) is 0 Å². The second-order valence-electron chi connectivity index (χ2n) is 7.72. The molecule has 2 aromatic carbocycles.